The van der Waals surface area contributed by atoms with Crippen molar-refractivity contribution in [2.75, 3.05) is 12.8 Å². The number of benzene rings is 1. The molecule has 0 saturated carbocycles. The largest absolute Gasteiger partial charge is 0.397 e. The number of anilines is 1. The zero-order valence-corrected chi connectivity index (χ0v) is 11.7. The van der Waals surface area contributed by atoms with E-state index in [1.54, 1.807) is 18.1 Å². The van der Waals surface area contributed by atoms with E-state index in [0.717, 1.165) is 16.6 Å². The molecule has 0 fully saturated rings. The van der Waals surface area contributed by atoms with Crippen molar-refractivity contribution in [2.24, 2.45) is 0 Å². The Kier molecular flexibility index (Phi) is 3.31. The van der Waals surface area contributed by atoms with Gasteiger partial charge in [0.05, 0.1) is 23.4 Å². The molecular formula is C16H16N4O. The van der Waals surface area contributed by atoms with Gasteiger partial charge in [-0.2, -0.15) is 0 Å². The van der Waals surface area contributed by atoms with Gasteiger partial charge in [-0.3, -0.25) is 9.78 Å². The van der Waals surface area contributed by atoms with Crippen LogP contribution in [0.25, 0.3) is 10.9 Å². The highest BCUT2D eigenvalue weighted by molar-refractivity contribution is 6.00. The van der Waals surface area contributed by atoms with Crippen molar-refractivity contribution < 1.29 is 4.79 Å². The molecule has 0 radical (unpaired) electrons. The van der Waals surface area contributed by atoms with Gasteiger partial charge in [0.2, 0.25) is 0 Å². The van der Waals surface area contributed by atoms with Crippen molar-refractivity contribution in [3.63, 3.8) is 0 Å². The van der Waals surface area contributed by atoms with Gasteiger partial charge < -0.3 is 15.6 Å². The standard InChI is InChI=1S/C16H16N4O/c1-20(10-12-6-2-3-8-18-12)16(21)14-9-11-5-4-7-13(17)15(11)19-14/h2-9,19H,10,17H2,1H3. The van der Waals surface area contributed by atoms with E-state index in [1.165, 1.54) is 0 Å². The molecule has 3 aromatic rings. The van der Waals surface area contributed by atoms with Crippen LogP contribution < -0.4 is 5.73 Å². The molecule has 2 heterocycles. The van der Waals surface area contributed by atoms with E-state index >= 15 is 0 Å². The molecule has 21 heavy (non-hydrogen) atoms. The van der Waals surface area contributed by atoms with E-state index < -0.39 is 0 Å². The van der Waals surface area contributed by atoms with Crippen molar-refractivity contribution in [3.05, 3.63) is 60.0 Å². The Morgan fingerprint density at radius 2 is 2.14 bits per heavy atom. The molecule has 0 spiro atoms. The summed E-state index contributed by atoms with van der Waals surface area (Å²) >= 11 is 0. The second-order valence-electron chi connectivity index (χ2n) is 4.98. The van der Waals surface area contributed by atoms with E-state index in [9.17, 15) is 4.79 Å². The van der Waals surface area contributed by atoms with Gasteiger partial charge in [-0.05, 0) is 24.3 Å². The molecule has 1 amide bonds. The quantitative estimate of drug-likeness (QED) is 0.723. The van der Waals surface area contributed by atoms with Crippen LogP contribution in [0.2, 0.25) is 0 Å². The van der Waals surface area contributed by atoms with Crippen LogP contribution in [-0.2, 0) is 6.54 Å². The SMILES string of the molecule is CN(Cc1ccccn1)C(=O)c1cc2cccc(N)c2[nH]1. The fourth-order valence-electron chi connectivity index (χ4n) is 2.31. The third kappa shape index (κ3) is 2.58. The van der Waals surface area contributed by atoms with E-state index in [1.807, 2.05) is 42.5 Å². The summed E-state index contributed by atoms with van der Waals surface area (Å²) in [5.41, 5.74) is 8.72. The van der Waals surface area contributed by atoms with Crippen molar-refractivity contribution in [1.82, 2.24) is 14.9 Å². The summed E-state index contributed by atoms with van der Waals surface area (Å²) in [4.78, 5) is 21.4. The number of nitrogens with one attached hydrogen (secondary N) is 1. The lowest BCUT2D eigenvalue weighted by Gasteiger charge is -2.15. The van der Waals surface area contributed by atoms with Gasteiger partial charge >= 0.3 is 0 Å². The molecular weight excluding hydrogens is 264 g/mol. The topological polar surface area (TPSA) is 75.0 Å². The maximum absolute atomic E-state index is 12.5. The predicted molar refractivity (Wildman–Crippen MR) is 82.7 cm³/mol. The molecule has 0 aliphatic rings. The number of aromatic nitrogens is 2. The zero-order valence-electron chi connectivity index (χ0n) is 11.7. The number of rotatable bonds is 3. The number of nitrogens with two attached hydrogens (primary N) is 1. The van der Waals surface area contributed by atoms with Crippen LogP contribution >= 0.6 is 0 Å². The predicted octanol–water partition coefficient (Wildman–Crippen LogP) is 2.42. The molecule has 0 unspecified atom stereocenters. The molecule has 0 atom stereocenters. The molecule has 0 aliphatic carbocycles. The molecule has 0 aliphatic heterocycles. The lowest BCUT2D eigenvalue weighted by Crippen LogP contribution is -2.26. The molecule has 5 heteroatoms. The van der Waals surface area contributed by atoms with Gasteiger partial charge in [0.25, 0.3) is 5.91 Å². The smallest absolute Gasteiger partial charge is 0.270 e. The minimum absolute atomic E-state index is 0.0868. The number of amides is 1. The monoisotopic (exact) mass is 280 g/mol. The molecule has 0 saturated heterocycles. The highest BCUT2D eigenvalue weighted by Gasteiger charge is 2.15. The first-order valence-corrected chi connectivity index (χ1v) is 6.68. The van der Waals surface area contributed by atoms with E-state index in [-0.39, 0.29) is 5.91 Å². The van der Waals surface area contributed by atoms with Crippen LogP contribution in [0.3, 0.4) is 0 Å². The van der Waals surface area contributed by atoms with Crippen molar-refractivity contribution in [2.45, 2.75) is 6.54 Å². The average molecular weight is 280 g/mol. The normalized spacial score (nSPS) is 10.7. The second-order valence-corrected chi connectivity index (χ2v) is 4.98. The summed E-state index contributed by atoms with van der Waals surface area (Å²) in [6, 6.07) is 13.1. The number of H-pyrrole nitrogens is 1. The maximum Gasteiger partial charge on any atom is 0.270 e. The van der Waals surface area contributed by atoms with E-state index in [4.69, 9.17) is 5.73 Å². The molecule has 0 bridgehead atoms. The molecule has 5 nitrogen and oxygen atoms in total. The van der Waals surface area contributed by atoms with Crippen molar-refractivity contribution >= 4 is 22.5 Å². The summed E-state index contributed by atoms with van der Waals surface area (Å²) < 4.78 is 0. The minimum Gasteiger partial charge on any atom is -0.397 e. The maximum atomic E-state index is 12.5. The lowest BCUT2D eigenvalue weighted by molar-refractivity contribution is 0.0778. The van der Waals surface area contributed by atoms with Crippen molar-refractivity contribution in [3.8, 4) is 0 Å². The van der Waals surface area contributed by atoms with Crippen LogP contribution in [0.15, 0.2) is 48.7 Å². The fraction of sp³-hybridized carbons (Fsp3) is 0.125. The Hall–Kier alpha value is -2.82. The van der Waals surface area contributed by atoms with Crippen molar-refractivity contribution in [1.29, 1.82) is 0 Å². The highest BCUT2D eigenvalue weighted by Crippen LogP contribution is 2.21. The number of nitrogen functional groups attached to an aromatic ring is 1. The molecule has 106 valence electrons. The summed E-state index contributed by atoms with van der Waals surface area (Å²) in [5, 5.41) is 0.935. The Balaban J connectivity index is 1.84. The number of nitrogens with zero attached hydrogens (tertiary/aromatic N) is 2. The first-order valence-electron chi connectivity index (χ1n) is 6.68. The fourth-order valence-corrected chi connectivity index (χ4v) is 2.31. The summed E-state index contributed by atoms with van der Waals surface area (Å²) in [6.45, 7) is 0.463. The van der Waals surface area contributed by atoms with Gasteiger partial charge in [0.15, 0.2) is 0 Å². The number of hydrogen-bond donors (Lipinski definition) is 2. The summed E-state index contributed by atoms with van der Waals surface area (Å²) in [7, 11) is 1.76. The Labute approximate surface area is 122 Å². The van der Waals surface area contributed by atoms with Gasteiger partial charge in [-0.25, -0.2) is 0 Å². The van der Waals surface area contributed by atoms with E-state index in [2.05, 4.69) is 9.97 Å². The molecule has 3 N–H and O–H groups in total. The van der Waals surface area contributed by atoms with Crippen LogP contribution in [-0.4, -0.2) is 27.8 Å². The zero-order chi connectivity index (χ0) is 14.8. The summed E-state index contributed by atoms with van der Waals surface area (Å²) in [5.74, 6) is -0.0868. The van der Waals surface area contributed by atoms with Crippen LogP contribution in [0.5, 0.6) is 0 Å². The molecule has 2 aromatic heterocycles. The average Bonchev–Trinajstić information content (AvgIpc) is 2.93. The first-order chi connectivity index (χ1) is 10.1. The highest BCUT2D eigenvalue weighted by atomic mass is 16.2. The number of carbonyl (C=O) groups excluding carboxylic acids is 1. The van der Waals surface area contributed by atoms with Crippen LogP contribution in [0.1, 0.15) is 16.2 Å². The lowest BCUT2D eigenvalue weighted by atomic mass is 10.2. The van der Waals surface area contributed by atoms with Gasteiger partial charge in [0.1, 0.15) is 5.69 Å². The number of hydrogen-bond acceptors (Lipinski definition) is 3. The minimum atomic E-state index is -0.0868. The first kappa shape index (κ1) is 13.2. The summed E-state index contributed by atoms with van der Waals surface area (Å²) in [6.07, 6.45) is 1.72. The number of fused-ring (bicyclic) bond motifs is 1. The number of carbonyl (C=O) groups is 1. The Morgan fingerprint density at radius 3 is 2.86 bits per heavy atom. The second kappa shape index (κ2) is 5.28. The van der Waals surface area contributed by atoms with Gasteiger partial charge in [-0.1, -0.05) is 18.2 Å². The number of para-hydroxylation sites is 1. The Bertz CT molecular complexity index is 779. The van der Waals surface area contributed by atoms with Crippen LogP contribution in [0, 0.1) is 0 Å². The number of pyridine rings is 1. The third-order valence-electron chi connectivity index (χ3n) is 3.39. The molecule has 1 aromatic carbocycles. The van der Waals surface area contributed by atoms with E-state index in [0.29, 0.717) is 17.9 Å². The van der Waals surface area contributed by atoms with Gasteiger partial charge in [-0.15, -0.1) is 0 Å². The molecule has 3 rings (SSSR count). The van der Waals surface area contributed by atoms with Gasteiger partial charge in [0, 0.05) is 18.6 Å². The number of aromatic amines is 1. The van der Waals surface area contributed by atoms with Crippen LogP contribution in [0.4, 0.5) is 5.69 Å². The third-order valence-corrected chi connectivity index (χ3v) is 3.39. The Morgan fingerprint density at radius 1 is 1.29 bits per heavy atom.